The molecule has 0 saturated carbocycles. The fourth-order valence-electron chi connectivity index (χ4n) is 3.89. The summed E-state index contributed by atoms with van der Waals surface area (Å²) in [5.41, 5.74) is 1.01. The molecule has 2 heterocycles. The smallest absolute Gasteiger partial charge is 0.233 e. The summed E-state index contributed by atoms with van der Waals surface area (Å²) in [6.45, 7) is 8.77. The molecule has 2 aromatic carbocycles. The summed E-state index contributed by atoms with van der Waals surface area (Å²) < 4.78 is 33.8. The molecule has 1 saturated heterocycles. The highest BCUT2D eigenvalue weighted by Gasteiger charge is 2.22. The zero-order chi connectivity index (χ0) is 24.1. The Hall–Kier alpha value is -1.78. The van der Waals surface area contributed by atoms with Crippen molar-refractivity contribution in [2.75, 3.05) is 44.3 Å². The number of hydrogen-bond donors (Lipinski definition) is 0. The molecule has 1 aliphatic rings. The molecule has 35 heavy (non-hydrogen) atoms. The van der Waals surface area contributed by atoms with Crippen molar-refractivity contribution in [3.63, 3.8) is 0 Å². The van der Waals surface area contributed by atoms with E-state index in [1.54, 1.807) is 16.7 Å². The molecule has 1 aromatic heterocycles. The second kappa shape index (κ2) is 13.0. The molecule has 1 aliphatic heterocycles. The van der Waals surface area contributed by atoms with Crippen molar-refractivity contribution in [1.29, 1.82) is 0 Å². The van der Waals surface area contributed by atoms with E-state index < -0.39 is 11.6 Å². The maximum Gasteiger partial charge on any atom is 0.233 e. The molecule has 10 heteroatoms. The van der Waals surface area contributed by atoms with Crippen LogP contribution in [0.25, 0.3) is 10.2 Å². The topological polar surface area (TPSA) is 45.7 Å². The molecule has 0 unspecified atom stereocenters. The predicted molar refractivity (Wildman–Crippen MR) is 142 cm³/mol. The van der Waals surface area contributed by atoms with E-state index in [-0.39, 0.29) is 30.3 Å². The highest BCUT2D eigenvalue weighted by atomic mass is 35.5. The first kappa shape index (κ1) is 27.8. The number of nitrogens with zero attached hydrogens (tertiary/aromatic N) is 3. The van der Waals surface area contributed by atoms with Crippen molar-refractivity contribution in [1.82, 2.24) is 9.88 Å². The number of fused-ring (bicyclic) bond motifs is 1. The highest BCUT2D eigenvalue weighted by Crippen LogP contribution is 2.32. The van der Waals surface area contributed by atoms with Crippen LogP contribution in [0.15, 0.2) is 41.3 Å². The minimum atomic E-state index is -0.712. The van der Waals surface area contributed by atoms with Gasteiger partial charge in [-0.2, -0.15) is 0 Å². The van der Waals surface area contributed by atoms with E-state index in [0.717, 1.165) is 67.1 Å². The van der Waals surface area contributed by atoms with Gasteiger partial charge in [-0.25, -0.2) is 13.8 Å². The number of hydrogen-bond acceptors (Lipinski definition) is 6. The number of aromatic nitrogens is 1. The number of benzene rings is 2. The van der Waals surface area contributed by atoms with Crippen LogP contribution in [0.4, 0.5) is 13.9 Å². The number of halogens is 3. The van der Waals surface area contributed by atoms with E-state index >= 15 is 0 Å². The fourth-order valence-corrected chi connectivity index (χ4v) is 5.78. The SMILES string of the molecule is CC(C)Sc1ccc(CC(=O)N(CCCN2CCOCC2)c2nc3c(F)cc(F)cc3s2)cc1.Cl. The molecular weight excluding hydrogens is 512 g/mol. The van der Waals surface area contributed by atoms with E-state index in [2.05, 4.69) is 23.7 Å². The van der Waals surface area contributed by atoms with Gasteiger partial charge in [0.15, 0.2) is 10.9 Å². The number of ether oxygens (including phenoxy) is 1. The van der Waals surface area contributed by atoms with Gasteiger partial charge in [-0.1, -0.05) is 37.3 Å². The summed E-state index contributed by atoms with van der Waals surface area (Å²) >= 11 is 2.92. The Morgan fingerprint density at radius 2 is 1.91 bits per heavy atom. The average Bonchev–Trinajstić information content (AvgIpc) is 3.22. The monoisotopic (exact) mass is 541 g/mol. The second-order valence-corrected chi connectivity index (χ2v) is 11.2. The molecule has 0 bridgehead atoms. The summed E-state index contributed by atoms with van der Waals surface area (Å²) in [5, 5.41) is 0.886. The number of morpholine rings is 1. The van der Waals surface area contributed by atoms with E-state index in [4.69, 9.17) is 4.74 Å². The Balaban J connectivity index is 0.00000342. The van der Waals surface area contributed by atoms with Gasteiger partial charge in [0.25, 0.3) is 0 Å². The first-order chi connectivity index (χ1) is 16.4. The van der Waals surface area contributed by atoms with E-state index in [9.17, 15) is 13.6 Å². The maximum absolute atomic E-state index is 14.3. The van der Waals surface area contributed by atoms with Crippen molar-refractivity contribution in [2.45, 2.75) is 36.8 Å². The Bertz CT molecular complexity index is 1120. The van der Waals surface area contributed by atoms with E-state index in [1.807, 2.05) is 24.3 Å². The average molecular weight is 542 g/mol. The zero-order valence-electron chi connectivity index (χ0n) is 19.8. The largest absolute Gasteiger partial charge is 0.379 e. The number of anilines is 1. The predicted octanol–water partition coefficient (Wildman–Crippen LogP) is 5.79. The van der Waals surface area contributed by atoms with Gasteiger partial charge in [-0.15, -0.1) is 24.2 Å². The lowest BCUT2D eigenvalue weighted by molar-refractivity contribution is -0.118. The summed E-state index contributed by atoms with van der Waals surface area (Å²) in [4.78, 5) is 22.8. The molecule has 1 fully saturated rings. The Labute approximate surface area is 219 Å². The van der Waals surface area contributed by atoms with Gasteiger partial charge < -0.3 is 4.74 Å². The maximum atomic E-state index is 14.3. The number of thioether (sulfide) groups is 1. The molecule has 1 amide bonds. The molecule has 0 aliphatic carbocycles. The highest BCUT2D eigenvalue weighted by molar-refractivity contribution is 7.99. The number of thiazole rings is 1. The number of amides is 1. The van der Waals surface area contributed by atoms with Crippen LogP contribution in [-0.4, -0.2) is 60.4 Å². The molecule has 0 radical (unpaired) electrons. The van der Waals surface area contributed by atoms with Crippen LogP contribution in [-0.2, 0) is 16.0 Å². The second-order valence-electron chi connectivity index (χ2n) is 8.57. The van der Waals surface area contributed by atoms with Crippen molar-refractivity contribution >= 4 is 56.8 Å². The lowest BCUT2D eigenvalue weighted by atomic mass is 10.1. The lowest BCUT2D eigenvalue weighted by Crippen LogP contribution is -2.39. The molecule has 0 spiro atoms. The van der Waals surface area contributed by atoms with Crippen LogP contribution < -0.4 is 4.90 Å². The van der Waals surface area contributed by atoms with Gasteiger partial charge in [0, 0.05) is 42.4 Å². The van der Waals surface area contributed by atoms with Crippen molar-refractivity contribution in [3.8, 4) is 0 Å². The molecular formula is C25H30ClF2N3O2S2. The van der Waals surface area contributed by atoms with Gasteiger partial charge in [0.1, 0.15) is 11.3 Å². The fraction of sp³-hybridized carbons (Fsp3) is 0.440. The Morgan fingerprint density at radius 1 is 1.20 bits per heavy atom. The third-order valence-corrected chi connectivity index (χ3v) is 7.59. The Morgan fingerprint density at radius 3 is 2.60 bits per heavy atom. The molecule has 3 aromatic rings. The van der Waals surface area contributed by atoms with Crippen LogP contribution in [0.1, 0.15) is 25.8 Å². The molecule has 4 rings (SSSR count). The summed E-state index contributed by atoms with van der Waals surface area (Å²) in [7, 11) is 0. The van der Waals surface area contributed by atoms with Gasteiger partial charge >= 0.3 is 0 Å². The quantitative estimate of drug-likeness (QED) is 0.321. The summed E-state index contributed by atoms with van der Waals surface area (Å²) in [6, 6.07) is 10.1. The normalized spacial score (nSPS) is 14.3. The van der Waals surface area contributed by atoms with E-state index in [1.165, 1.54) is 6.07 Å². The molecule has 190 valence electrons. The number of rotatable bonds is 9. The lowest BCUT2D eigenvalue weighted by Gasteiger charge is -2.27. The van der Waals surface area contributed by atoms with Gasteiger partial charge in [0.2, 0.25) is 5.91 Å². The third kappa shape index (κ3) is 7.60. The van der Waals surface area contributed by atoms with E-state index in [0.29, 0.717) is 21.6 Å². The minimum absolute atomic E-state index is 0. The Kier molecular flexibility index (Phi) is 10.3. The first-order valence-electron chi connectivity index (χ1n) is 11.5. The zero-order valence-corrected chi connectivity index (χ0v) is 22.3. The van der Waals surface area contributed by atoms with Crippen LogP contribution >= 0.6 is 35.5 Å². The standard InChI is InChI=1S/C25H29F2N3O2S2.ClH/c1-17(2)33-20-6-4-18(5-7-20)14-23(31)30(9-3-8-29-10-12-32-13-11-29)25-28-24-21(27)15-19(26)16-22(24)34-25;/h4-7,15-17H,3,8-14H2,1-2H3;1H. The van der Waals surface area contributed by atoms with Crippen LogP contribution in [0, 0.1) is 11.6 Å². The summed E-state index contributed by atoms with van der Waals surface area (Å²) in [6.07, 6.45) is 0.972. The molecule has 0 atom stereocenters. The molecule has 5 nitrogen and oxygen atoms in total. The van der Waals surface area contributed by atoms with Crippen molar-refractivity contribution < 1.29 is 18.3 Å². The van der Waals surface area contributed by atoms with Gasteiger partial charge in [-0.3, -0.25) is 14.6 Å². The van der Waals surface area contributed by atoms with Crippen LogP contribution in [0.3, 0.4) is 0 Å². The van der Waals surface area contributed by atoms with Crippen LogP contribution in [0.2, 0.25) is 0 Å². The third-order valence-electron chi connectivity index (χ3n) is 5.54. The minimum Gasteiger partial charge on any atom is -0.379 e. The molecule has 0 N–H and O–H groups in total. The van der Waals surface area contributed by atoms with Gasteiger partial charge in [-0.05, 0) is 30.2 Å². The van der Waals surface area contributed by atoms with Crippen LogP contribution in [0.5, 0.6) is 0 Å². The summed E-state index contributed by atoms with van der Waals surface area (Å²) in [5.74, 6) is -1.47. The van der Waals surface area contributed by atoms with Crippen molar-refractivity contribution in [3.05, 3.63) is 53.6 Å². The number of carbonyl (C=O) groups is 1. The first-order valence-corrected chi connectivity index (χ1v) is 13.2. The van der Waals surface area contributed by atoms with Gasteiger partial charge in [0.05, 0.1) is 24.3 Å². The van der Waals surface area contributed by atoms with Crippen molar-refractivity contribution in [2.24, 2.45) is 0 Å². The number of carbonyl (C=O) groups excluding carboxylic acids is 1.